The molecule has 1 rings (SSSR count). The van der Waals surface area contributed by atoms with Crippen LogP contribution in [0.5, 0.6) is 5.75 Å². The van der Waals surface area contributed by atoms with E-state index in [1.165, 1.54) is 0 Å². The summed E-state index contributed by atoms with van der Waals surface area (Å²) in [4.78, 5) is 0. The third-order valence-electron chi connectivity index (χ3n) is 2.52. The van der Waals surface area contributed by atoms with Gasteiger partial charge in [-0.3, -0.25) is 0 Å². The van der Waals surface area contributed by atoms with E-state index in [0.29, 0.717) is 17.7 Å². The molecular weight excluding hydrogens is 246 g/mol. The topological polar surface area (TPSA) is 21.3 Å². The molecule has 0 radical (unpaired) electrons. The number of ether oxygens (including phenoxy) is 1. The molecule has 0 heterocycles. The molecule has 3 heteroatoms. The fourth-order valence-corrected chi connectivity index (χ4v) is 1.74. The first kappa shape index (κ1) is 15.1. The Bertz CT molecular complexity index is 401. The first-order chi connectivity index (χ1) is 8.50. The van der Waals surface area contributed by atoms with Crippen molar-refractivity contribution in [2.75, 3.05) is 6.61 Å². The van der Waals surface area contributed by atoms with E-state index < -0.39 is 0 Å². The highest BCUT2D eigenvalue weighted by Gasteiger charge is 2.08. The van der Waals surface area contributed by atoms with Crippen molar-refractivity contribution in [3.8, 4) is 5.75 Å². The summed E-state index contributed by atoms with van der Waals surface area (Å²) in [6, 6.07) is 6.28. The summed E-state index contributed by atoms with van der Waals surface area (Å²) in [5, 5.41) is 4.04. The second-order valence-electron chi connectivity index (χ2n) is 4.82. The van der Waals surface area contributed by atoms with Crippen LogP contribution in [0.1, 0.15) is 32.8 Å². The van der Waals surface area contributed by atoms with Gasteiger partial charge in [-0.1, -0.05) is 43.2 Å². The molecule has 1 aromatic carbocycles. The standard InChI is InChI=1S/C15H22ClNO/c1-11(2)8-9-18-15-13(10-17-12(3)4)6-5-7-14(15)16/h5-7,12,17H,1,8-10H2,2-4H3. The third-order valence-corrected chi connectivity index (χ3v) is 2.82. The quantitative estimate of drug-likeness (QED) is 0.748. The molecule has 0 aliphatic heterocycles. The number of hydrogen-bond acceptors (Lipinski definition) is 2. The zero-order valence-electron chi connectivity index (χ0n) is 11.4. The van der Waals surface area contributed by atoms with Gasteiger partial charge in [-0.25, -0.2) is 0 Å². The maximum atomic E-state index is 6.18. The summed E-state index contributed by atoms with van der Waals surface area (Å²) in [7, 11) is 0. The lowest BCUT2D eigenvalue weighted by molar-refractivity contribution is 0.317. The minimum absolute atomic E-state index is 0.437. The van der Waals surface area contributed by atoms with Crippen molar-refractivity contribution < 1.29 is 4.74 Å². The van der Waals surface area contributed by atoms with E-state index in [0.717, 1.165) is 29.9 Å². The molecule has 0 bridgehead atoms. The molecule has 0 spiro atoms. The molecule has 0 aliphatic rings. The van der Waals surface area contributed by atoms with Crippen molar-refractivity contribution in [1.82, 2.24) is 5.32 Å². The largest absolute Gasteiger partial charge is 0.491 e. The number of hydrogen-bond donors (Lipinski definition) is 1. The van der Waals surface area contributed by atoms with Gasteiger partial charge in [-0.2, -0.15) is 0 Å². The van der Waals surface area contributed by atoms with Crippen LogP contribution in [0.3, 0.4) is 0 Å². The molecule has 0 saturated heterocycles. The molecule has 0 fully saturated rings. The van der Waals surface area contributed by atoms with Crippen molar-refractivity contribution >= 4 is 11.6 Å². The Morgan fingerprint density at radius 3 is 2.78 bits per heavy atom. The maximum absolute atomic E-state index is 6.18. The van der Waals surface area contributed by atoms with E-state index in [1.54, 1.807) is 0 Å². The highest BCUT2D eigenvalue weighted by molar-refractivity contribution is 6.32. The molecule has 0 unspecified atom stereocenters. The molecule has 0 saturated carbocycles. The van der Waals surface area contributed by atoms with Crippen LogP contribution in [-0.4, -0.2) is 12.6 Å². The van der Waals surface area contributed by atoms with E-state index in [-0.39, 0.29) is 0 Å². The molecule has 1 N–H and O–H groups in total. The number of halogens is 1. The average Bonchev–Trinajstić information content (AvgIpc) is 2.28. The Morgan fingerprint density at radius 1 is 1.44 bits per heavy atom. The van der Waals surface area contributed by atoms with E-state index in [9.17, 15) is 0 Å². The van der Waals surface area contributed by atoms with Crippen molar-refractivity contribution in [3.63, 3.8) is 0 Å². The van der Waals surface area contributed by atoms with Gasteiger partial charge in [0.15, 0.2) is 0 Å². The van der Waals surface area contributed by atoms with Crippen molar-refractivity contribution in [1.29, 1.82) is 0 Å². The van der Waals surface area contributed by atoms with Crippen LogP contribution in [0.25, 0.3) is 0 Å². The van der Waals surface area contributed by atoms with Gasteiger partial charge in [0.1, 0.15) is 5.75 Å². The van der Waals surface area contributed by atoms with Crippen LogP contribution in [-0.2, 0) is 6.54 Å². The Morgan fingerprint density at radius 2 is 2.17 bits per heavy atom. The molecule has 1 aromatic rings. The SMILES string of the molecule is C=C(C)CCOc1c(Cl)cccc1CNC(C)C. The monoisotopic (exact) mass is 267 g/mol. The van der Waals surface area contributed by atoms with Crippen LogP contribution in [0, 0.1) is 0 Å². The Labute approximate surface area is 115 Å². The van der Waals surface area contributed by atoms with Gasteiger partial charge in [0.2, 0.25) is 0 Å². The van der Waals surface area contributed by atoms with Gasteiger partial charge in [0.25, 0.3) is 0 Å². The first-order valence-electron chi connectivity index (χ1n) is 6.28. The second-order valence-corrected chi connectivity index (χ2v) is 5.23. The van der Waals surface area contributed by atoms with Crippen LogP contribution < -0.4 is 10.1 Å². The van der Waals surface area contributed by atoms with E-state index in [1.807, 2.05) is 25.1 Å². The lowest BCUT2D eigenvalue weighted by atomic mass is 10.2. The molecule has 2 nitrogen and oxygen atoms in total. The van der Waals surface area contributed by atoms with E-state index in [2.05, 4.69) is 25.7 Å². The first-order valence-corrected chi connectivity index (χ1v) is 6.66. The fourth-order valence-electron chi connectivity index (χ4n) is 1.50. The smallest absolute Gasteiger partial charge is 0.142 e. The Balaban J connectivity index is 2.70. The summed E-state index contributed by atoms with van der Waals surface area (Å²) in [5.41, 5.74) is 2.21. The van der Waals surface area contributed by atoms with Crippen LogP contribution in [0.4, 0.5) is 0 Å². The molecule has 100 valence electrons. The van der Waals surface area contributed by atoms with Crippen molar-refractivity contribution in [2.24, 2.45) is 0 Å². The minimum Gasteiger partial charge on any atom is -0.491 e. The van der Waals surface area contributed by atoms with Crippen LogP contribution in [0.2, 0.25) is 5.02 Å². The summed E-state index contributed by atoms with van der Waals surface area (Å²) >= 11 is 6.18. The second kappa shape index (κ2) is 7.45. The molecule has 0 atom stereocenters. The maximum Gasteiger partial charge on any atom is 0.142 e. The summed E-state index contributed by atoms with van der Waals surface area (Å²) in [6.07, 6.45) is 0.849. The van der Waals surface area contributed by atoms with Crippen LogP contribution >= 0.6 is 11.6 Å². The Hall–Kier alpha value is -0.990. The fraction of sp³-hybridized carbons (Fsp3) is 0.467. The van der Waals surface area contributed by atoms with Crippen LogP contribution in [0.15, 0.2) is 30.4 Å². The summed E-state index contributed by atoms with van der Waals surface area (Å²) in [5.74, 6) is 0.786. The normalized spacial score (nSPS) is 10.7. The molecule has 0 aromatic heterocycles. The number of para-hydroxylation sites is 1. The van der Waals surface area contributed by atoms with Gasteiger partial charge >= 0.3 is 0 Å². The predicted octanol–water partition coefficient (Wildman–Crippen LogP) is 4.18. The number of benzene rings is 1. The molecular formula is C15H22ClNO. The molecule has 18 heavy (non-hydrogen) atoms. The van der Waals surface area contributed by atoms with Gasteiger partial charge in [-0.05, 0) is 13.0 Å². The third kappa shape index (κ3) is 5.11. The molecule has 0 amide bonds. The van der Waals surface area contributed by atoms with Gasteiger partial charge < -0.3 is 10.1 Å². The minimum atomic E-state index is 0.437. The number of rotatable bonds is 7. The average molecular weight is 268 g/mol. The summed E-state index contributed by atoms with van der Waals surface area (Å²) in [6.45, 7) is 11.5. The summed E-state index contributed by atoms with van der Waals surface area (Å²) < 4.78 is 5.78. The van der Waals surface area contributed by atoms with E-state index in [4.69, 9.17) is 16.3 Å². The lowest BCUT2D eigenvalue weighted by Crippen LogP contribution is -2.22. The lowest BCUT2D eigenvalue weighted by Gasteiger charge is -2.15. The zero-order chi connectivity index (χ0) is 13.5. The number of nitrogens with one attached hydrogen (secondary N) is 1. The van der Waals surface area contributed by atoms with Crippen molar-refractivity contribution in [3.05, 3.63) is 40.9 Å². The van der Waals surface area contributed by atoms with Crippen molar-refractivity contribution in [2.45, 2.75) is 39.8 Å². The molecule has 0 aliphatic carbocycles. The highest BCUT2D eigenvalue weighted by Crippen LogP contribution is 2.29. The van der Waals surface area contributed by atoms with Gasteiger partial charge in [0.05, 0.1) is 11.6 Å². The predicted molar refractivity (Wildman–Crippen MR) is 78.4 cm³/mol. The highest BCUT2D eigenvalue weighted by atomic mass is 35.5. The van der Waals surface area contributed by atoms with Gasteiger partial charge in [0, 0.05) is 24.6 Å². The Kier molecular flexibility index (Phi) is 6.23. The van der Waals surface area contributed by atoms with E-state index >= 15 is 0 Å². The zero-order valence-corrected chi connectivity index (χ0v) is 12.2. The van der Waals surface area contributed by atoms with Gasteiger partial charge in [-0.15, -0.1) is 6.58 Å².